The average molecular weight is 233 g/mol. The standard InChI is InChI=1S/C9H10ClFN2O2/c10-5-1-6(11)3-7(2-5)13-4-8(12)9(14)15/h1-3,8,13H,4,12H2,(H,14,15). The number of carboxylic acid groups (broad SMARTS) is 1. The lowest BCUT2D eigenvalue weighted by molar-refractivity contribution is -0.138. The fourth-order valence-electron chi connectivity index (χ4n) is 0.971. The Labute approximate surface area is 90.8 Å². The number of hydrogen-bond donors (Lipinski definition) is 3. The largest absolute Gasteiger partial charge is 0.480 e. The van der Waals surface area contributed by atoms with E-state index in [1.54, 1.807) is 0 Å². The van der Waals surface area contributed by atoms with E-state index in [1.165, 1.54) is 12.1 Å². The Morgan fingerprint density at radius 2 is 2.27 bits per heavy atom. The Bertz CT molecular complexity index is 353. The van der Waals surface area contributed by atoms with Crippen molar-refractivity contribution in [2.75, 3.05) is 11.9 Å². The highest BCUT2D eigenvalue weighted by atomic mass is 35.5. The maximum Gasteiger partial charge on any atom is 0.322 e. The van der Waals surface area contributed by atoms with Crippen molar-refractivity contribution in [2.45, 2.75) is 6.04 Å². The second-order valence-electron chi connectivity index (χ2n) is 2.98. The highest BCUT2D eigenvalue weighted by Gasteiger charge is 2.10. The zero-order valence-electron chi connectivity index (χ0n) is 7.71. The molecule has 0 heterocycles. The van der Waals surface area contributed by atoms with E-state index in [-0.39, 0.29) is 11.6 Å². The van der Waals surface area contributed by atoms with E-state index < -0.39 is 17.8 Å². The molecular weight excluding hydrogens is 223 g/mol. The first kappa shape index (κ1) is 11.7. The highest BCUT2D eigenvalue weighted by Crippen LogP contribution is 2.17. The number of benzene rings is 1. The van der Waals surface area contributed by atoms with Crippen LogP contribution in [0, 0.1) is 5.82 Å². The summed E-state index contributed by atoms with van der Waals surface area (Å²) in [6.07, 6.45) is 0. The van der Waals surface area contributed by atoms with Gasteiger partial charge in [0.05, 0.1) is 0 Å². The lowest BCUT2D eigenvalue weighted by Crippen LogP contribution is -2.36. The van der Waals surface area contributed by atoms with Crippen molar-refractivity contribution in [3.05, 3.63) is 29.0 Å². The van der Waals surface area contributed by atoms with Gasteiger partial charge in [-0.1, -0.05) is 11.6 Å². The third-order valence-corrected chi connectivity index (χ3v) is 1.92. The Morgan fingerprint density at radius 3 is 2.80 bits per heavy atom. The molecule has 0 aliphatic heterocycles. The Hall–Kier alpha value is -1.33. The van der Waals surface area contributed by atoms with E-state index in [4.69, 9.17) is 22.4 Å². The zero-order chi connectivity index (χ0) is 11.4. The first-order valence-corrected chi connectivity index (χ1v) is 4.55. The molecule has 0 aliphatic carbocycles. The number of anilines is 1. The molecule has 6 heteroatoms. The number of aliphatic carboxylic acids is 1. The summed E-state index contributed by atoms with van der Waals surface area (Å²) in [5, 5.41) is 11.4. The minimum Gasteiger partial charge on any atom is -0.480 e. The van der Waals surface area contributed by atoms with Crippen LogP contribution >= 0.6 is 11.6 Å². The Kier molecular flexibility index (Phi) is 3.88. The van der Waals surface area contributed by atoms with Gasteiger partial charge in [-0.2, -0.15) is 0 Å². The van der Waals surface area contributed by atoms with Crippen LogP contribution < -0.4 is 11.1 Å². The molecule has 1 aromatic rings. The molecule has 82 valence electrons. The van der Waals surface area contributed by atoms with Crippen molar-refractivity contribution in [2.24, 2.45) is 5.73 Å². The van der Waals surface area contributed by atoms with Gasteiger partial charge < -0.3 is 16.2 Å². The van der Waals surface area contributed by atoms with Crippen LogP contribution in [0.1, 0.15) is 0 Å². The molecule has 4 nitrogen and oxygen atoms in total. The SMILES string of the molecule is NC(CNc1cc(F)cc(Cl)c1)C(=O)O. The molecule has 0 bridgehead atoms. The number of halogens is 2. The van der Waals surface area contributed by atoms with Crippen LogP contribution in [0.4, 0.5) is 10.1 Å². The van der Waals surface area contributed by atoms with Crippen molar-refractivity contribution >= 4 is 23.3 Å². The van der Waals surface area contributed by atoms with Gasteiger partial charge in [-0.3, -0.25) is 4.79 Å². The number of nitrogens with one attached hydrogen (secondary N) is 1. The molecule has 0 spiro atoms. The van der Waals surface area contributed by atoms with Crippen molar-refractivity contribution in [1.29, 1.82) is 0 Å². The molecule has 1 aromatic carbocycles. The normalized spacial score (nSPS) is 12.2. The third-order valence-electron chi connectivity index (χ3n) is 1.71. The summed E-state index contributed by atoms with van der Waals surface area (Å²) >= 11 is 5.60. The van der Waals surface area contributed by atoms with Gasteiger partial charge in [-0.05, 0) is 18.2 Å². The summed E-state index contributed by atoms with van der Waals surface area (Å²) in [6.45, 7) is 0.00904. The second-order valence-corrected chi connectivity index (χ2v) is 3.42. The second kappa shape index (κ2) is 4.95. The third kappa shape index (κ3) is 3.73. The van der Waals surface area contributed by atoms with Gasteiger partial charge in [0.25, 0.3) is 0 Å². The minimum absolute atomic E-state index is 0.00904. The first-order valence-electron chi connectivity index (χ1n) is 4.17. The molecule has 0 aromatic heterocycles. The van der Waals surface area contributed by atoms with E-state index in [0.29, 0.717) is 5.69 Å². The number of hydrogen-bond acceptors (Lipinski definition) is 3. The van der Waals surface area contributed by atoms with Crippen LogP contribution in [0.2, 0.25) is 5.02 Å². The first-order chi connectivity index (χ1) is 6.99. The molecule has 1 atom stereocenters. The predicted octanol–water partition coefficient (Wildman–Crippen LogP) is 1.30. The van der Waals surface area contributed by atoms with E-state index in [1.807, 2.05) is 0 Å². The van der Waals surface area contributed by atoms with Crippen molar-refractivity contribution in [3.63, 3.8) is 0 Å². The monoisotopic (exact) mass is 232 g/mol. The lowest BCUT2D eigenvalue weighted by atomic mass is 10.2. The summed E-state index contributed by atoms with van der Waals surface area (Å²) in [6, 6.07) is 2.82. The van der Waals surface area contributed by atoms with Crippen molar-refractivity contribution in [1.82, 2.24) is 0 Å². The lowest BCUT2D eigenvalue weighted by Gasteiger charge is -2.09. The molecular formula is C9H10ClFN2O2. The van der Waals surface area contributed by atoms with Crippen LogP contribution in [0.15, 0.2) is 18.2 Å². The fourth-order valence-corrected chi connectivity index (χ4v) is 1.19. The number of rotatable bonds is 4. The molecule has 1 rings (SSSR count). The van der Waals surface area contributed by atoms with Crippen LogP contribution in [0.3, 0.4) is 0 Å². The Balaban J connectivity index is 2.61. The quantitative estimate of drug-likeness (QED) is 0.732. The smallest absolute Gasteiger partial charge is 0.322 e. The molecule has 0 aliphatic rings. The van der Waals surface area contributed by atoms with Gasteiger partial charge in [-0.15, -0.1) is 0 Å². The van der Waals surface area contributed by atoms with E-state index in [9.17, 15) is 9.18 Å². The van der Waals surface area contributed by atoms with E-state index in [0.717, 1.165) is 6.07 Å². The van der Waals surface area contributed by atoms with Gasteiger partial charge in [0.2, 0.25) is 0 Å². The number of nitrogens with two attached hydrogens (primary N) is 1. The minimum atomic E-state index is -1.12. The van der Waals surface area contributed by atoms with Crippen molar-refractivity contribution in [3.8, 4) is 0 Å². The average Bonchev–Trinajstić information content (AvgIpc) is 2.12. The summed E-state index contributed by atoms with van der Waals surface area (Å²) in [7, 11) is 0. The summed E-state index contributed by atoms with van der Waals surface area (Å²) in [5.41, 5.74) is 5.65. The number of carbonyl (C=O) groups is 1. The maximum absolute atomic E-state index is 12.8. The Morgan fingerprint density at radius 1 is 1.60 bits per heavy atom. The molecule has 0 fully saturated rings. The van der Waals surface area contributed by atoms with Gasteiger partial charge in [0.15, 0.2) is 0 Å². The van der Waals surface area contributed by atoms with E-state index >= 15 is 0 Å². The fraction of sp³-hybridized carbons (Fsp3) is 0.222. The summed E-state index contributed by atoms with van der Waals surface area (Å²) < 4.78 is 12.8. The summed E-state index contributed by atoms with van der Waals surface area (Å²) in [5.74, 6) is -1.61. The summed E-state index contributed by atoms with van der Waals surface area (Å²) in [4.78, 5) is 10.4. The highest BCUT2D eigenvalue weighted by molar-refractivity contribution is 6.30. The van der Waals surface area contributed by atoms with Crippen LogP contribution in [-0.2, 0) is 4.79 Å². The van der Waals surface area contributed by atoms with Gasteiger partial charge >= 0.3 is 5.97 Å². The predicted molar refractivity (Wildman–Crippen MR) is 55.5 cm³/mol. The van der Waals surface area contributed by atoms with Crippen LogP contribution in [0.5, 0.6) is 0 Å². The van der Waals surface area contributed by atoms with E-state index in [2.05, 4.69) is 5.32 Å². The van der Waals surface area contributed by atoms with Gasteiger partial charge in [-0.25, -0.2) is 4.39 Å². The zero-order valence-corrected chi connectivity index (χ0v) is 8.46. The molecule has 0 radical (unpaired) electrons. The molecule has 0 saturated carbocycles. The van der Waals surface area contributed by atoms with Crippen LogP contribution in [0.25, 0.3) is 0 Å². The molecule has 0 saturated heterocycles. The molecule has 15 heavy (non-hydrogen) atoms. The van der Waals surface area contributed by atoms with Crippen LogP contribution in [-0.4, -0.2) is 23.7 Å². The van der Waals surface area contributed by atoms with Crippen molar-refractivity contribution < 1.29 is 14.3 Å². The molecule has 0 amide bonds. The molecule has 4 N–H and O–H groups in total. The van der Waals surface area contributed by atoms with Gasteiger partial charge in [0, 0.05) is 17.3 Å². The maximum atomic E-state index is 12.8. The van der Waals surface area contributed by atoms with Gasteiger partial charge in [0.1, 0.15) is 11.9 Å². The topological polar surface area (TPSA) is 75.3 Å². The molecule has 1 unspecified atom stereocenters. The number of carboxylic acids is 1.